The van der Waals surface area contributed by atoms with E-state index in [1.165, 1.54) is 17.3 Å². The smallest absolute Gasteiger partial charge is 0.260 e. The van der Waals surface area contributed by atoms with Gasteiger partial charge < -0.3 is 4.90 Å². The van der Waals surface area contributed by atoms with Crippen LogP contribution >= 0.6 is 27.5 Å². The van der Waals surface area contributed by atoms with Crippen LogP contribution in [-0.4, -0.2) is 35.5 Å². The van der Waals surface area contributed by atoms with Crippen LogP contribution in [0.15, 0.2) is 76.6 Å². The lowest BCUT2D eigenvalue weighted by molar-refractivity contribution is 0.0984. The molecule has 0 saturated carbocycles. The molecule has 0 saturated heterocycles. The Bertz CT molecular complexity index is 1430. The third-order valence-electron chi connectivity index (χ3n) is 4.67. The van der Waals surface area contributed by atoms with E-state index in [-0.39, 0.29) is 17.3 Å². The molecule has 0 aliphatic carbocycles. The molecule has 4 rings (SSSR count). The lowest BCUT2D eigenvalue weighted by Gasteiger charge is -2.24. The maximum absolute atomic E-state index is 13.4. The molecular weight excluding hydrogens is 516 g/mol. The highest BCUT2D eigenvalue weighted by Gasteiger charge is 2.26. The lowest BCUT2D eigenvalue weighted by atomic mass is 10.1. The Labute approximate surface area is 198 Å². The summed E-state index contributed by atoms with van der Waals surface area (Å²) in [5, 5.41) is 1.02. The monoisotopic (exact) mass is 530 g/mol. The van der Waals surface area contributed by atoms with Crippen molar-refractivity contribution in [3.05, 3.63) is 87.9 Å². The van der Waals surface area contributed by atoms with Gasteiger partial charge in [0.25, 0.3) is 5.91 Å². The van der Waals surface area contributed by atoms with E-state index in [4.69, 9.17) is 11.6 Å². The highest BCUT2D eigenvalue weighted by Crippen LogP contribution is 2.30. The molecule has 0 atom stereocenters. The number of rotatable bonds is 5. The van der Waals surface area contributed by atoms with Crippen LogP contribution in [0.1, 0.15) is 15.9 Å². The molecule has 3 aromatic heterocycles. The zero-order valence-electron chi connectivity index (χ0n) is 16.7. The van der Waals surface area contributed by atoms with Gasteiger partial charge >= 0.3 is 0 Å². The number of nitrogens with zero attached hydrogens (tertiary/aromatic N) is 4. The number of carbonyl (C=O) groups is 1. The lowest BCUT2D eigenvalue weighted by Crippen LogP contribution is -2.32. The normalized spacial score (nSPS) is 11.5. The number of halogens is 2. The number of hydrogen-bond acceptors (Lipinski definition) is 6. The first-order chi connectivity index (χ1) is 15.2. The fourth-order valence-corrected chi connectivity index (χ4v) is 4.87. The van der Waals surface area contributed by atoms with Gasteiger partial charge in [0.2, 0.25) is 0 Å². The van der Waals surface area contributed by atoms with Crippen molar-refractivity contribution in [1.29, 1.82) is 0 Å². The second kappa shape index (κ2) is 8.93. The van der Waals surface area contributed by atoms with Gasteiger partial charge in [-0.2, -0.15) is 0 Å². The van der Waals surface area contributed by atoms with Gasteiger partial charge in [0.1, 0.15) is 5.15 Å². The van der Waals surface area contributed by atoms with E-state index in [1.54, 1.807) is 36.5 Å². The van der Waals surface area contributed by atoms with Crippen LogP contribution in [-0.2, 0) is 16.4 Å². The maximum Gasteiger partial charge on any atom is 0.260 e. The quantitative estimate of drug-likeness (QED) is 0.347. The van der Waals surface area contributed by atoms with Crippen molar-refractivity contribution in [3.63, 3.8) is 0 Å². The van der Waals surface area contributed by atoms with Gasteiger partial charge in [-0.15, -0.1) is 0 Å². The fourth-order valence-electron chi connectivity index (χ4n) is 3.28. The Morgan fingerprint density at radius 3 is 2.62 bits per heavy atom. The van der Waals surface area contributed by atoms with Crippen LogP contribution in [0.2, 0.25) is 5.15 Å². The highest BCUT2D eigenvalue weighted by molar-refractivity contribution is 9.10. The number of fused-ring (bicyclic) bond motifs is 1. The first-order valence-electron chi connectivity index (χ1n) is 9.35. The summed E-state index contributed by atoms with van der Waals surface area (Å²) >= 11 is 9.60. The molecule has 1 aromatic carbocycles. The first kappa shape index (κ1) is 22.3. The number of sulfone groups is 1. The van der Waals surface area contributed by atoms with Crippen molar-refractivity contribution >= 4 is 59.9 Å². The zero-order chi connectivity index (χ0) is 22.9. The molecule has 0 bridgehead atoms. The van der Waals surface area contributed by atoms with Gasteiger partial charge in [-0.1, -0.05) is 27.5 Å². The number of pyridine rings is 3. The summed E-state index contributed by atoms with van der Waals surface area (Å²) in [5.74, 6) is -0.411. The number of amides is 1. The van der Waals surface area contributed by atoms with Crippen molar-refractivity contribution in [3.8, 4) is 0 Å². The second-order valence-corrected chi connectivity index (χ2v) is 10.2. The van der Waals surface area contributed by atoms with Gasteiger partial charge in [0, 0.05) is 34.7 Å². The molecule has 32 heavy (non-hydrogen) atoms. The summed E-state index contributed by atoms with van der Waals surface area (Å²) in [6.07, 6.45) is 5.43. The van der Waals surface area contributed by atoms with Gasteiger partial charge in [0.05, 0.1) is 23.3 Å². The molecule has 0 unspecified atom stereocenters. The Hall–Kier alpha value is -2.88. The van der Waals surface area contributed by atoms with Crippen molar-refractivity contribution in [2.75, 3.05) is 11.2 Å². The first-order valence-corrected chi connectivity index (χ1v) is 12.4. The highest BCUT2D eigenvalue weighted by atomic mass is 79.9. The third kappa shape index (κ3) is 4.64. The molecule has 0 aliphatic heterocycles. The van der Waals surface area contributed by atoms with Crippen molar-refractivity contribution < 1.29 is 13.2 Å². The minimum Gasteiger partial charge on any atom is -0.301 e. The topological polar surface area (TPSA) is 93.1 Å². The number of aromatic nitrogens is 3. The standard InChI is InChI=1S/C22H16BrClN4O3S/c1-32(30,31)21-19(5-3-9-26-21)28(22(29)15-4-2-8-25-12-15)13-14-10-17(23)16-6-7-20(24)27-18(16)11-14/h2-12H,13H2,1H3. The molecule has 1 amide bonds. The summed E-state index contributed by atoms with van der Waals surface area (Å²) in [4.78, 5) is 27.2. The van der Waals surface area contributed by atoms with E-state index in [0.29, 0.717) is 16.2 Å². The Morgan fingerprint density at radius 2 is 1.91 bits per heavy atom. The van der Waals surface area contributed by atoms with E-state index in [2.05, 4.69) is 30.9 Å². The second-order valence-electron chi connectivity index (χ2n) is 7.01. The fraction of sp³-hybridized carbons (Fsp3) is 0.0909. The minimum absolute atomic E-state index is 0.0741. The Kier molecular flexibility index (Phi) is 6.23. The largest absolute Gasteiger partial charge is 0.301 e. The molecule has 0 radical (unpaired) electrons. The number of benzene rings is 1. The maximum atomic E-state index is 13.4. The molecular formula is C22H16BrClN4O3S. The molecule has 0 fully saturated rings. The predicted molar refractivity (Wildman–Crippen MR) is 127 cm³/mol. The number of anilines is 1. The van der Waals surface area contributed by atoms with Gasteiger partial charge in [-0.3, -0.25) is 9.78 Å². The van der Waals surface area contributed by atoms with Gasteiger partial charge in [-0.05, 0) is 54.1 Å². The van der Waals surface area contributed by atoms with Crippen LogP contribution < -0.4 is 4.90 Å². The van der Waals surface area contributed by atoms with Crippen LogP contribution in [0.4, 0.5) is 5.69 Å². The van der Waals surface area contributed by atoms with Crippen LogP contribution in [0.25, 0.3) is 10.9 Å². The molecule has 0 aliphatic rings. The number of hydrogen-bond donors (Lipinski definition) is 0. The number of carbonyl (C=O) groups excluding carboxylic acids is 1. The summed E-state index contributed by atoms with van der Waals surface area (Å²) in [5.41, 5.74) is 1.86. The van der Waals surface area contributed by atoms with Crippen LogP contribution in [0.3, 0.4) is 0 Å². The molecule has 4 aromatic rings. The minimum atomic E-state index is -3.69. The average Bonchev–Trinajstić information content (AvgIpc) is 2.77. The van der Waals surface area contributed by atoms with Crippen molar-refractivity contribution in [2.24, 2.45) is 0 Å². The Balaban J connectivity index is 1.86. The zero-order valence-corrected chi connectivity index (χ0v) is 19.9. The van der Waals surface area contributed by atoms with E-state index >= 15 is 0 Å². The van der Waals surface area contributed by atoms with Crippen molar-refractivity contribution in [1.82, 2.24) is 15.0 Å². The van der Waals surface area contributed by atoms with E-state index in [1.807, 2.05) is 18.2 Å². The summed E-state index contributed by atoms with van der Waals surface area (Å²) in [7, 11) is -3.69. The van der Waals surface area contributed by atoms with Gasteiger partial charge in [0.15, 0.2) is 14.9 Å². The summed E-state index contributed by atoms with van der Waals surface area (Å²) in [6, 6.07) is 13.6. The molecule has 162 valence electrons. The summed E-state index contributed by atoms with van der Waals surface area (Å²) in [6.45, 7) is 0.0741. The van der Waals surface area contributed by atoms with E-state index in [9.17, 15) is 13.2 Å². The Morgan fingerprint density at radius 1 is 1.12 bits per heavy atom. The third-order valence-corrected chi connectivity index (χ3v) is 6.55. The van der Waals surface area contributed by atoms with Crippen LogP contribution in [0, 0.1) is 0 Å². The van der Waals surface area contributed by atoms with Crippen LogP contribution in [0.5, 0.6) is 0 Å². The average molecular weight is 532 g/mol. The predicted octanol–water partition coefficient (Wildman–Crippen LogP) is 4.69. The molecule has 7 nitrogen and oxygen atoms in total. The molecule has 3 heterocycles. The van der Waals surface area contributed by atoms with Crippen molar-refractivity contribution in [2.45, 2.75) is 11.6 Å². The molecule has 0 N–H and O–H groups in total. The van der Waals surface area contributed by atoms with Gasteiger partial charge in [-0.25, -0.2) is 18.4 Å². The SMILES string of the molecule is CS(=O)(=O)c1ncccc1N(Cc1cc(Br)c2ccc(Cl)nc2c1)C(=O)c1cccnc1. The van der Waals surface area contributed by atoms with E-state index in [0.717, 1.165) is 21.7 Å². The summed E-state index contributed by atoms with van der Waals surface area (Å²) < 4.78 is 25.6. The molecule has 0 spiro atoms. The molecule has 10 heteroatoms. The van der Waals surface area contributed by atoms with E-state index < -0.39 is 15.7 Å².